The van der Waals surface area contributed by atoms with Crippen LogP contribution in [0.1, 0.15) is 41.9 Å². The number of hydrogen-bond acceptors (Lipinski definition) is 4. The first-order valence-corrected chi connectivity index (χ1v) is 8.85. The van der Waals surface area contributed by atoms with E-state index < -0.39 is 5.82 Å². The second kappa shape index (κ2) is 8.26. The quantitative estimate of drug-likeness (QED) is 0.649. The van der Waals surface area contributed by atoms with Gasteiger partial charge in [-0.15, -0.1) is 0 Å². The van der Waals surface area contributed by atoms with Crippen molar-refractivity contribution in [2.24, 2.45) is 0 Å². The highest BCUT2D eigenvalue weighted by Crippen LogP contribution is 2.26. The Morgan fingerprint density at radius 1 is 1.37 bits per heavy atom. The summed E-state index contributed by atoms with van der Waals surface area (Å²) in [5, 5.41) is 7.38. The van der Waals surface area contributed by atoms with Crippen LogP contribution < -0.4 is 10.1 Å². The van der Waals surface area contributed by atoms with Crippen molar-refractivity contribution < 1.29 is 18.3 Å². The number of halogens is 2. The number of carbonyl (C=O) groups is 1. The van der Waals surface area contributed by atoms with Crippen LogP contribution in [0.3, 0.4) is 0 Å². The first-order chi connectivity index (χ1) is 13.0. The average Bonchev–Trinajstić information content (AvgIpc) is 3.30. The number of furan rings is 1. The Bertz CT molecular complexity index is 938. The molecular formula is C19H19ClFN3O3. The van der Waals surface area contributed by atoms with Crippen molar-refractivity contribution >= 4 is 17.5 Å². The summed E-state index contributed by atoms with van der Waals surface area (Å²) in [5.74, 6) is 0.159. The molecule has 0 bridgehead atoms. The number of hydrogen-bond donors (Lipinski definition) is 1. The number of nitrogens with one attached hydrogen (secondary N) is 1. The van der Waals surface area contributed by atoms with Crippen LogP contribution in [0.4, 0.5) is 4.39 Å². The molecule has 0 aliphatic heterocycles. The molecule has 0 aliphatic carbocycles. The standard InChI is InChI=1S/C19H19ClFN3O3/c1-3-24-9-8-16(23-24)12(2)22-19(25)18-7-5-14(27-18)11-26-17-6-4-13(21)10-15(17)20/h4-10,12H,3,11H2,1-2H3,(H,22,25). The zero-order chi connectivity index (χ0) is 19.4. The molecule has 1 N–H and O–H groups in total. The third-order valence-corrected chi connectivity index (χ3v) is 4.22. The van der Waals surface area contributed by atoms with Gasteiger partial charge in [0, 0.05) is 12.7 Å². The third-order valence-electron chi connectivity index (χ3n) is 3.93. The zero-order valence-electron chi connectivity index (χ0n) is 14.9. The van der Waals surface area contributed by atoms with Crippen molar-refractivity contribution in [2.45, 2.75) is 33.0 Å². The molecule has 3 aromatic rings. The lowest BCUT2D eigenvalue weighted by Crippen LogP contribution is -2.26. The van der Waals surface area contributed by atoms with Gasteiger partial charge in [-0.05, 0) is 50.2 Å². The summed E-state index contributed by atoms with van der Waals surface area (Å²) < 4.78 is 25.8. The fourth-order valence-corrected chi connectivity index (χ4v) is 2.67. The smallest absolute Gasteiger partial charge is 0.287 e. The van der Waals surface area contributed by atoms with E-state index in [0.717, 1.165) is 12.2 Å². The SMILES string of the molecule is CCn1ccc(C(C)NC(=O)c2ccc(COc3ccc(F)cc3Cl)o2)n1. The molecule has 8 heteroatoms. The van der Waals surface area contributed by atoms with E-state index in [9.17, 15) is 9.18 Å². The van der Waals surface area contributed by atoms with E-state index in [4.69, 9.17) is 20.8 Å². The highest BCUT2D eigenvalue weighted by molar-refractivity contribution is 6.32. The lowest BCUT2D eigenvalue weighted by atomic mass is 10.2. The molecule has 6 nitrogen and oxygen atoms in total. The summed E-state index contributed by atoms with van der Waals surface area (Å²) in [5.41, 5.74) is 0.770. The van der Waals surface area contributed by atoms with E-state index in [2.05, 4.69) is 10.4 Å². The Morgan fingerprint density at radius 2 is 2.19 bits per heavy atom. The maximum Gasteiger partial charge on any atom is 0.287 e. The van der Waals surface area contributed by atoms with Gasteiger partial charge < -0.3 is 14.5 Å². The number of aryl methyl sites for hydroxylation is 1. The first-order valence-electron chi connectivity index (χ1n) is 8.47. The Morgan fingerprint density at radius 3 is 2.89 bits per heavy atom. The van der Waals surface area contributed by atoms with E-state index in [1.165, 1.54) is 18.2 Å². The van der Waals surface area contributed by atoms with Gasteiger partial charge in [-0.2, -0.15) is 5.10 Å². The number of rotatable bonds is 7. The largest absolute Gasteiger partial charge is 0.484 e. The van der Waals surface area contributed by atoms with Gasteiger partial charge in [0.25, 0.3) is 5.91 Å². The number of carbonyl (C=O) groups excluding carboxylic acids is 1. The minimum atomic E-state index is -0.442. The number of ether oxygens (including phenoxy) is 1. The van der Waals surface area contributed by atoms with Crippen molar-refractivity contribution in [1.29, 1.82) is 0 Å². The van der Waals surface area contributed by atoms with E-state index in [0.29, 0.717) is 11.5 Å². The second-order valence-corrected chi connectivity index (χ2v) is 6.33. The fourth-order valence-electron chi connectivity index (χ4n) is 2.44. The van der Waals surface area contributed by atoms with Gasteiger partial charge in [0.1, 0.15) is 23.9 Å². The van der Waals surface area contributed by atoms with E-state index in [1.807, 2.05) is 26.1 Å². The average molecular weight is 392 g/mol. The van der Waals surface area contributed by atoms with Gasteiger partial charge in [0.05, 0.1) is 16.8 Å². The van der Waals surface area contributed by atoms with Gasteiger partial charge in [0.2, 0.25) is 0 Å². The molecule has 3 rings (SSSR count). The molecule has 0 aliphatic rings. The summed E-state index contributed by atoms with van der Waals surface area (Å²) in [4.78, 5) is 12.3. The van der Waals surface area contributed by atoms with Gasteiger partial charge in [-0.1, -0.05) is 11.6 Å². The Kier molecular flexibility index (Phi) is 5.81. The first kappa shape index (κ1) is 19.0. The minimum Gasteiger partial charge on any atom is -0.484 e. The molecule has 1 amide bonds. The topological polar surface area (TPSA) is 69.3 Å². The Hall–Kier alpha value is -2.80. The van der Waals surface area contributed by atoms with E-state index in [1.54, 1.807) is 16.8 Å². The lowest BCUT2D eigenvalue weighted by Gasteiger charge is -2.10. The van der Waals surface area contributed by atoms with Crippen LogP contribution in [0.25, 0.3) is 0 Å². The Balaban J connectivity index is 1.58. The number of benzene rings is 1. The molecule has 27 heavy (non-hydrogen) atoms. The van der Waals surface area contributed by atoms with Crippen LogP contribution >= 0.6 is 11.6 Å². The fraction of sp³-hybridized carbons (Fsp3) is 0.263. The molecule has 0 spiro atoms. The summed E-state index contributed by atoms with van der Waals surface area (Å²) >= 11 is 5.91. The van der Waals surface area contributed by atoms with Crippen LogP contribution in [-0.2, 0) is 13.2 Å². The second-order valence-electron chi connectivity index (χ2n) is 5.92. The predicted molar refractivity (Wildman–Crippen MR) is 98.2 cm³/mol. The molecule has 1 aromatic carbocycles. The van der Waals surface area contributed by atoms with E-state index in [-0.39, 0.29) is 29.3 Å². The van der Waals surface area contributed by atoms with Crippen molar-refractivity contribution in [3.63, 3.8) is 0 Å². The lowest BCUT2D eigenvalue weighted by molar-refractivity contribution is 0.0907. The Labute approximate surface area is 160 Å². The molecule has 2 heterocycles. The van der Waals surface area contributed by atoms with Crippen molar-refractivity contribution in [2.75, 3.05) is 0 Å². The maximum atomic E-state index is 13.0. The van der Waals surface area contributed by atoms with Crippen LogP contribution in [0, 0.1) is 5.82 Å². The summed E-state index contributed by atoms with van der Waals surface area (Å²) in [7, 11) is 0. The molecule has 0 saturated carbocycles. The van der Waals surface area contributed by atoms with Crippen LogP contribution in [0.15, 0.2) is 47.0 Å². The van der Waals surface area contributed by atoms with Crippen LogP contribution in [-0.4, -0.2) is 15.7 Å². The third kappa shape index (κ3) is 4.68. The van der Waals surface area contributed by atoms with Crippen molar-refractivity contribution in [1.82, 2.24) is 15.1 Å². The van der Waals surface area contributed by atoms with Crippen molar-refractivity contribution in [3.05, 3.63) is 70.6 Å². The van der Waals surface area contributed by atoms with Crippen molar-refractivity contribution in [3.8, 4) is 5.75 Å². The highest BCUT2D eigenvalue weighted by atomic mass is 35.5. The molecule has 0 saturated heterocycles. The van der Waals surface area contributed by atoms with Gasteiger partial charge in [0.15, 0.2) is 5.76 Å². The molecule has 2 aromatic heterocycles. The van der Waals surface area contributed by atoms with Crippen LogP contribution in [0.5, 0.6) is 5.75 Å². The normalized spacial score (nSPS) is 12.0. The number of nitrogens with zero attached hydrogens (tertiary/aromatic N) is 2. The zero-order valence-corrected chi connectivity index (χ0v) is 15.7. The maximum absolute atomic E-state index is 13.0. The molecule has 142 valence electrons. The van der Waals surface area contributed by atoms with Gasteiger partial charge in [-0.3, -0.25) is 9.48 Å². The molecule has 1 unspecified atom stereocenters. The number of aromatic nitrogens is 2. The van der Waals surface area contributed by atoms with E-state index >= 15 is 0 Å². The highest BCUT2D eigenvalue weighted by Gasteiger charge is 2.17. The van der Waals surface area contributed by atoms with Gasteiger partial charge in [-0.25, -0.2) is 4.39 Å². The molecule has 0 fully saturated rings. The predicted octanol–water partition coefficient (Wildman–Crippen LogP) is 4.36. The molecular weight excluding hydrogens is 373 g/mol. The van der Waals surface area contributed by atoms with Crippen LogP contribution in [0.2, 0.25) is 5.02 Å². The summed E-state index contributed by atoms with van der Waals surface area (Å²) in [6.07, 6.45) is 1.86. The molecule has 1 atom stereocenters. The minimum absolute atomic E-state index is 0.0646. The monoisotopic (exact) mass is 391 g/mol. The van der Waals surface area contributed by atoms with Gasteiger partial charge >= 0.3 is 0 Å². The number of amides is 1. The molecule has 0 radical (unpaired) electrons. The summed E-state index contributed by atoms with van der Waals surface area (Å²) in [6.45, 7) is 4.67. The summed E-state index contributed by atoms with van der Waals surface area (Å²) in [6, 6.07) is 8.67.